The number of aryl methyl sites for hydroxylation is 1. The van der Waals surface area contributed by atoms with E-state index in [0.29, 0.717) is 30.0 Å². The first kappa shape index (κ1) is 21.8. The van der Waals surface area contributed by atoms with Crippen molar-refractivity contribution in [2.24, 2.45) is 5.92 Å². The smallest absolute Gasteiger partial charge is 0.307 e. The lowest BCUT2D eigenvalue weighted by Gasteiger charge is -2.24. The topological polar surface area (TPSA) is 68.7 Å². The number of ether oxygens (including phenoxy) is 2. The van der Waals surface area contributed by atoms with Gasteiger partial charge in [-0.25, -0.2) is 9.37 Å². The van der Waals surface area contributed by atoms with Gasteiger partial charge in [0.1, 0.15) is 18.2 Å². The fraction of sp³-hybridized carbons (Fsp3) is 0.310. The third kappa shape index (κ3) is 2.98. The fourth-order valence-electron chi connectivity index (χ4n) is 6.24. The Morgan fingerprint density at radius 1 is 1.29 bits per heavy atom. The molecule has 1 spiro atoms. The highest BCUT2D eigenvalue weighted by Gasteiger charge is 2.61. The molecule has 1 heterocycles. The first-order valence-corrected chi connectivity index (χ1v) is 11.8. The average Bonchev–Trinajstić information content (AvgIpc) is 3.42. The molecule has 3 aromatic rings. The van der Waals surface area contributed by atoms with E-state index in [-0.39, 0.29) is 17.2 Å². The average molecular weight is 472 g/mol. The molecule has 3 unspecified atom stereocenters. The Balaban J connectivity index is 1.30. The second kappa shape index (κ2) is 7.41. The number of aliphatic carboxylic acids is 1. The van der Waals surface area contributed by atoms with E-state index in [2.05, 4.69) is 17.6 Å². The zero-order valence-corrected chi connectivity index (χ0v) is 19.7. The van der Waals surface area contributed by atoms with Crippen LogP contribution in [0.5, 0.6) is 11.6 Å². The van der Waals surface area contributed by atoms with E-state index >= 15 is 0 Å². The van der Waals surface area contributed by atoms with E-state index < -0.39 is 11.4 Å². The number of allylic oxidation sites excluding steroid dienone is 1. The first-order chi connectivity index (χ1) is 16.8. The molecule has 0 radical (unpaired) electrons. The molecule has 6 rings (SSSR count). The molecule has 1 N–H and O–H groups in total. The number of fused-ring (bicyclic) bond motifs is 5. The highest BCUT2D eigenvalue weighted by molar-refractivity contribution is 5.84. The van der Waals surface area contributed by atoms with Crippen LogP contribution in [0.1, 0.15) is 47.6 Å². The van der Waals surface area contributed by atoms with Gasteiger partial charge in [-0.3, -0.25) is 4.79 Å². The summed E-state index contributed by atoms with van der Waals surface area (Å²) in [5, 5.41) is 9.51. The summed E-state index contributed by atoms with van der Waals surface area (Å²) in [7, 11) is 1.54. The number of pyridine rings is 1. The second-order valence-corrected chi connectivity index (χ2v) is 10.0. The maximum Gasteiger partial charge on any atom is 0.307 e. The van der Waals surface area contributed by atoms with Gasteiger partial charge in [-0.2, -0.15) is 0 Å². The number of aromatic nitrogens is 1. The number of halogens is 1. The summed E-state index contributed by atoms with van der Waals surface area (Å²) in [6, 6.07) is 11.9. The monoisotopic (exact) mass is 471 g/mol. The zero-order chi connectivity index (χ0) is 24.5. The van der Waals surface area contributed by atoms with E-state index in [4.69, 9.17) is 9.47 Å². The molecule has 1 saturated carbocycles. The maximum atomic E-state index is 14.9. The normalized spacial score (nSPS) is 25.1. The lowest BCUT2D eigenvalue weighted by molar-refractivity contribution is -0.139. The molecule has 0 bridgehead atoms. The van der Waals surface area contributed by atoms with Crippen molar-refractivity contribution in [3.05, 3.63) is 88.9 Å². The van der Waals surface area contributed by atoms with E-state index in [0.717, 1.165) is 40.8 Å². The van der Waals surface area contributed by atoms with Crippen LogP contribution in [0.25, 0.3) is 11.1 Å². The lowest BCUT2D eigenvalue weighted by Crippen LogP contribution is -2.19. The summed E-state index contributed by atoms with van der Waals surface area (Å²) in [6.07, 6.45) is 5.52. The van der Waals surface area contributed by atoms with Crippen LogP contribution in [-0.2, 0) is 28.7 Å². The zero-order valence-electron chi connectivity index (χ0n) is 19.7. The highest BCUT2D eigenvalue weighted by atomic mass is 19.1. The van der Waals surface area contributed by atoms with Crippen LogP contribution in [0.15, 0.2) is 55.3 Å². The molecule has 35 heavy (non-hydrogen) atoms. The number of hydrogen-bond acceptors (Lipinski definition) is 4. The molecule has 0 saturated heterocycles. The third-order valence-electron chi connectivity index (χ3n) is 8.27. The number of methoxy groups -OCH3 is 1. The van der Waals surface area contributed by atoms with Crippen LogP contribution >= 0.6 is 0 Å². The quantitative estimate of drug-likeness (QED) is 0.476. The van der Waals surface area contributed by atoms with Gasteiger partial charge in [-0.1, -0.05) is 30.3 Å². The van der Waals surface area contributed by atoms with Crippen LogP contribution in [0, 0.1) is 11.7 Å². The van der Waals surface area contributed by atoms with Gasteiger partial charge < -0.3 is 14.6 Å². The first-order valence-electron chi connectivity index (χ1n) is 11.8. The summed E-state index contributed by atoms with van der Waals surface area (Å²) in [5.41, 5.74) is 5.35. The molecule has 6 heteroatoms. The van der Waals surface area contributed by atoms with Gasteiger partial charge in [0.25, 0.3) is 0 Å². The largest absolute Gasteiger partial charge is 0.489 e. The van der Waals surface area contributed by atoms with Crippen molar-refractivity contribution in [2.75, 3.05) is 7.11 Å². The predicted molar refractivity (Wildman–Crippen MR) is 129 cm³/mol. The second-order valence-electron chi connectivity index (χ2n) is 10.0. The Morgan fingerprint density at radius 3 is 2.83 bits per heavy atom. The summed E-state index contributed by atoms with van der Waals surface area (Å²) in [5.74, 6) is -0.265. The minimum Gasteiger partial charge on any atom is -0.489 e. The summed E-state index contributed by atoms with van der Waals surface area (Å²) < 4.78 is 26.5. The molecule has 0 aliphatic heterocycles. The summed E-state index contributed by atoms with van der Waals surface area (Å²) in [6.45, 7) is 6.36. The Kier molecular flexibility index (Phi) is 4.62. The number of carbonyl (C=O) groups is 1. The third-order valence-corrected chi connectivity index (χ3v) is 8.27. The molecule has 5 nitrogen and oxygen atoms in total. The van der Waals surface area contributed by atoms with E-state index in [1.54, 1.807) is 6.08 Å². The van der Waals surface area contributed by atoms with Crippen LogP contribution < -0.4 is 9.47 Å². The van der Waals surface area contributed by atoms with Crippen molar-refractivity contribution in [3.8, 4) is 22.8 Å². The van der Waals surface area contributed by atoms with E-state index in [1.807, 2.05) is 37.3 Å². The molecule has 178 valence electrons. The number of benzene rings is 2. The Labute approximate surface area is 203 Å². The van der Waals surface area contributed by atoms with Crippen molar-refractivity contribution in [1.82, 2.24) is 4.98 Å². The van der Waals surface area contributed by atoms with Gasteiger partial charge in [0.05, 0.1) is 19.2 Å². The Morgan fingerprint density at radius 2 is 2.11 bits per heavy atom. The number of carboxylic acids is 1. The predicted octanol–water partition coefficient (Wildman–Crippen LogP) is 5.57. The lowest BCUT2D eigenvalue weighted by atomic mass is 9.80. The van der Waals surface area contributed by atoms with E-state index in [9.17, 15) is 14.3 Å². The Hall–Kier alpha value is -3.67. The Bertz CT molecular complexity index is 1420. The molecule has 1 aromatic heterocycles. The molecular formula is C29H26FNO4. The number of carboxylic acid groups (broad SMARTS) is 1. The standard InChI is InChI=1S/C29H26FNO4/c1-4-28(2)21-11-16(5-8-19(21)24-23(30)14-31-26(34-3)25(24)28)15-35-18-7-6-17-9-10-29(20(17)12-18)13-22(29)27(32)33/h4-8,11-12,14,22H,1,9-10,13,15H2,2-3H3,(H,32,33). The van der Waals surface area contributed by atoms with Crippen molar-refractivity contribution < 1.29 is 23.8 Å². The van der Waals surface area contributed by atoms with Crippen LogP contribution in [-0.4, -0.2) is 23.2 Å². The molecule has 3 aliphatic carbocycles. The van der Waals surface area contributed by atoms with Gasteiger partial charge in [-0.15, -0.1) is 6.58 Å². The van der Waals surface area contributed by atoms with Crippen LogP contribution in [0.3, 0.4) is 0 Å². The molecule has 3 aliphatic rings. The maximum absolute atomic E-state index is 14.9. The highest BCUT2D eigenvalue weighted by Crippen LogP contribution is 2.62. The van der Waals surface area contributed by atoms with Gasteiger partial charge in [0, 0.05) is 22.0 Å². The summed E-state index contributed by atoms with van der Waals surface area (Å²) in [4.78, 5) is 15.7. The molecule has 3 atom stereocenters. The fourth-order valence-corrected chi connectivity index (χ4v) is 6.24. The SMILES string of the molecule is C=CC1(C)c2cc(COc3ccc4c(c3)C3(CC4)CC3C(=O)O)ccc2-c2c(F)cnc(OC)c21. The van der Waals surface area contributed by atoms with Crippen molar-refractivity contribution in [2.45, 2.75) is 43.6 Å². The van der Waals surface area contributed by atoms with E-state index in [1.165, 1.54) is 18.9 Å². The van der Waals surface area contributed by atoms with Crippen molar-refractivity contribution >= 4 is 5.97 Å². The number of nitrogens with zero attached hydrogens (tertiary/aromatic N) is 1. The van der Waals surface area contributed by atoms with Gasteiger partial charge in [-0.05, 0) is 66.1 Å². The molecule has 0 amide bonds. The summed E-state index contributed by atoms with van der Waals surface area (Å²) >= 11 is 0. The van der Waals surface area contributed by atoms with Crippen molar-refractivity contribution in [1.29, 1.82) is 0 Å². The van der Waals surface area contributed by atoms with Crippen LogP contribution in [0.2, 0.25) is 0 Å². The minimum absolute atomic E-state index is 0.219. The van der Waals surface area contributed by atoms with Gasteiger partial charge in [0.15, 0.2) is 0 Å². The molecule has 2 aromatic carbocycles. The van der Waals surface area contributed by atoms with Crippen molar-refractivity contribution in [3.63, 3.8) is 0 Å². The molecule has 1 fully saturated rings. The van der Waals surface area contributed by atoms with Crippen LogP contribution in [0.4, 0.5) is 4.39 Å². The number of hydrogen-bond donors (Lipinski definition) is 1. The molecular weight excluding hydrogens is 445 g/mol. The number of rotatable bonds is 6. The minimum atomic E-state index is -0.711. The van der Waals surface area contributed by atoms with Gasteiger partial charge in [0.2, 0.25) is 5.88 Å². The van der Waals surface area contributed by atoms with Gasteiger partial charge >= 0.3 is 5.97 Å².